The highest BCUT2D eigenvalue weighted by Crippen LogP contribution is 2.18. The summed E-state index contributed by atoms with van der Waals surface area (Å²) < 4.78 is 0. The third-order valence-corrected chi connectivity index (χ3v) is 3.48. The maximum absolute atomic E-state index is 12.2. The molecule has 0 bridgehead atoms. The number of halogens is 1. The van der Waals surface area contributed by atoms with E-state index in [-0.39, 0.29) is 11.9 Å². The molecule has 114 valence electrons. The molecule has 1 aromatic carbocycles. The average Bonchev–Trinajstić information content (AvgIpc) is 2.49. The lowest BCUT2D eigenvalue weighted by Gasteiger charge is -2.22. The van der Waals surface area contributed by atoms with Gasteiger partial charge in [-0.15, -0.1) is 13.2 Å². The van der Waals surface area contributed by atoms with E-state index in [4.69, 9.17) is 11.6 Å². The van der Waals surface area contributed by atoms with Gasteiger partial charge in [0, 0.05) is 24.2 Å². The third-order valence-electron chi connectivity index (χ3n) is 3.23. The van der Waals surface area contributed by atoms with E-state index < -0.39 is 0 Å². The molecule has 0 radical (unpaired) electrons. The summed E-state index contributed by atoms with van der Waals surface area (Å²) in [5.41, 5.74) is 1.13. The van der Waals surface area contributed by atoms with Crippen LogP contribution < -0.4 is 5.32 Å². The lowest BCUT2D eigenvalue weighted by Crippen LogP contribution is -2.39. The molecule has 1 aromatic rings. The van der Waals surface area contributed by atoms with Crippen molar-refractivity contribution >= 4 is 17.5 Å². The predicted octanol–water partition coefficient (Wildman–Crippen LogP) is 3.58. The minimum absolute atomic E-state index is 0.0437. The molecule has 4 heteroatoms. The van der Waals surface area contributed by atoms with Crippen molar-refractivity contribution in [1.29, 1.82) is 0 Å². The fourth-order valence-electron chi connectivity index (χ4n) is 2.11. The molecule has 0 aromatic heterocycles. The van der Waals surface area contributed by atoms with Crippen LogP contribution in [0.15, 0.2) is 49.6 Å². The maximum atomic E-state index is 12.2. The zero-order valence-electron chi connectivity index (χ0n) is 12.5. The quantitative estimate of drug-likeness (QED) is 0.707. The van der Waals surface area contributed by atoms with E-state index in [1.54, 1.807) is 17.1 Å². The molecule has 1 atom stereocenters. The van der Waals surface area contributed by atoms with Crippen molar-refractivity contribution in [3.05, 3.63) is 60.2 Å². The van der Waals surface area contributed by atoms with Gasteiger partial charge in [-0.3, -0.25) is 4.79 Å². The van der Waals surface area contributed by atoms with E-state index in [1.807, 2.05) is 24.3 Å². The Kier molecular flexibility index (Phi) is 7.80. The Balaban J connectivity index is 2.61. The van der Waals surface area contributed by atoms with E-state index in [9.17, 15) is 4.79 Å². The minimum Gasteiger partial charge on any atom is -0.334 e. The van der Waals surface area contributed by atoms with Crippen LogP contribution in [-0.4, -0.2) is 30.4 Å². The molecule has 1 unspecified atom stereocenters. The maximum Gasteiger partial charge on any atom is 0.237 e. The molecular formula is C17H23ClN2O. The van der Waals surface area contributed by atoms with Gasteiger partial charge in [0.25, 0.3) is 0 Å². The second-order valence-corrected chi connectivity index (χ2v) is 5.21. The van der Waals surface area contributed by atoms with Crippen molar-refractivity contribution in [1.82, 2.24) is 10.2 Å². The van der Waals surface area contributed by atoms with Gasteiger partial charge in [-0.2, -0.15) is 0 Å². The standard InChI is InChI=1S/C17H23ClN2O/c1-4-11-20(12-5-2)17(21)13-19-16(6-3)14-7-9-15(18)10-8-14/h4-5,7-10,16,19H,1-2,6,11-13H2,3H3. The summed E-state index contributed by atoms with van der Waals surface area (Å²) >= 11 is 5.90. The molecule has 0 saturated heterocycles. The molecule has 0 fully saturated rings. The number of hydrogen-bond acceptors (Lipinski definition) is 2. The normalized spacial score (nSPS) is 11.7. The lowest BCUT2D eigenvalue weighted by atomic mass is 10.0. The highest BCUT2D eigenvalue weighted by Gasteiger charge is 2.14. The van der Waals surface area contributed by atoms with Crippen LogP contribution in [0.1, 0.15) is 24.9 Å². The van der Waals surface area contributed by atoms with Crippen molar-refractivity contribution in [2.24, 2.45) is 0 Å². The molecule has 0 spiro atoms. The number of nitrogens with zero attached hydrogens (tertiary/aromatic N) is 1. The van der Waals surface area contributed by atoms with E-state index in [1.165, 1.54) is 0 Å². The highest BCUT2D eigenvalue weighted by molar-refractivity contribution is 6.30. The van der Waals surface area contributed by atoms with E-state index in [2.05, 4.69) is 25.4 Å². The van der Waals surface area contributed by atoms with Gasteiger partial charge in [-0.25, -0.2) is 0 Å². The average molecular weight is 307 g/mol. The number of amides is 1. The molecular weight excluding hydrogens is 284 g/mol. The monoisotopic (exact) mass is 306 g/mol. The van der Waals surface area contributed by atoms with Crippen molar-refractivity contribution in [3.63, 3.8) is 0 Å². The fraction of sp³-hybridized carbons (Fsp3) is 0.353. The second kappa shape index (κ2) is 9.37. The highest BCUT2D eigenvalue weighted by atomic mass is 35.5. The number of rotatable bonds is 9. The van der Waals surface area contributed by atoms with Crippen LogP contribution in [0.4, 0.5) is 0 Å². The number of carbonyl (C=O) groups excluding carboxylic acids is 1. The Morgan fingerprint density at radius 3 is 2.33 bits per heavy atom. The van der Waals surface area contributed by atoms with Gasteiger partial charge in [0.15, 0.2) is 0 Å². The fourth-order valence-corrected chi connectivity index (χ4v) is 2.23. The minimum atomic E-state index is 0.0437. The molecule has 0 aliphatic heterocycles. The Hall–Kier alpha value is -1.58. The molecule has 0 heterocycles. The van der Waals surface area contributed by atoms with Gasteiger partial charge in [0.05, 0.1) is 6.54 Å². The topological polar surface area (TPSA) is 32.3 Å². The largest absolute Gasteiger partial charge is 0.334 e. The van der Waals surface area contributed by atoms with Crippen LogP contribution in [0.25, 0.3) is 0 Å². The smallest absolute Gasteiger partial charge is 0.237 e. The SMILES string of the molecule is C=CCN(CC=C)C(=O)CNC(CC)c1ccc(Cl)cc1. The van der Waals surface area contributed by atoms with E-state index >= 15 is 0 Å². The van der Waals surface area contributed by atoms with E-state index in [0.29, 0.717) is 24.7 Å². The Labute approximate surface area is 132 Å². The summed E-state index contributed by atoms with van der Waals surface area (Å²) in [4.78, 5) is 13.9. The van der Waals surface area contributed by atoms with Gasteiger partial charge in [0.2, 0.25) is 5.91 Å². The Morgan fingerprint density at radius 1 is 1.29 bits per heavy atom. The molecule has 0 aliphatic carbocycles. The first kappa shape index (κ1) is 17.5. The molecule has 0 saturated carbocycles. The second-order valence-electron chi connectivity index (χ2n) is 4.77. The molecule has 21 heavy (non-hydrogen) atoms. The molecule has 3 nitrogen and oxygen atoms in total. The summed E-state index contributed by atoms with van der Waals surface area (Å²) in [6, 6.07) is 7.84. The zero-order chi connectivity index (χ0) is 15.7. The van der Waals surface area contributed by atoms with Gasteiger partial charge < -0.3 is 10.2 Å². The molecule has 1 amide bonds. The van der Waals surface area contributed by atoms with Gasteiger partial charge >= 0.3 is 0 Å². The van der Waals surface area contributed by atoms with E-state index in [0.717, 1.165) is 12.0 Å². The number of nitrogens with one attached hydrogen (secondary N) is 1. The summed E-state index contributed by atoms with van der Waals surface area (Å²) in [5.74, 6) is 0.0437. The van der Waals surface area contributed by atoms with Crippen LogP contribution in [0, 0.1) is 0 Å². The van der Waals surface area contributed by atoms with Crippen molar-refractivity contribution in [2.45, 2.75) is 19.4 Å². The summed E-state index contributed by atoms with van der Waals surface area (Å²) in [7, 11) is 0. The van der Waals surface area contributed by atoms with Crippen molar-refractivity contribution in [2.75, 3.05) is 19.6 Å². The van der Waals surface area contributed by atoms with Crippen LogP contribution in [0.2, 0.25) is 5.02 Å². The van der Waals surface area contributed by atoms with Crippen LogP contribution in [0.5, 0.6) is 0 Å². The lowest BCUT2D eigenvalue weighted by molar-refractivity contribution is -0.129. The number of carbonyl (C=O) groups is 1. The number of hydrogen-bond donors (Lipinski definition) is 1. The van der Waals surface area contributed by atoms with Crippen LogP contribution >= 0.6 is 11.6 Å². The zero-order valence-corrected chi connectivity index (χ0v) is 13.3. The van der Waals surface area contributed by atoms with Gasteiger partial charge in [-0.05, 0) is 24.1 Å². The Morgan fingerprint density at radius 2 is 1.86 bits per heavy atom. The van der Waals surface area contributed by atoms with Gasteiger partial charge in [-0.1, -0.05) is 42.8 Å². The first-order valence-corrected chi connectivity index (χ1v) is 7.48. The molecule has 0 aliphatic rings. The third kappa shape index (κ3) is 5.74. The Bertz CT molecular complexity index is 460. The van der Waals surface area contributed by atoms with Crippen molar-refractivity contribution in [3.8, 4) is 0 Å². The molecule has 1 N–H and O–H groups in total. The first-order chi connectivity index (χ1) is 10.1. The summed E-state index contributed by atoms with van der Waals surface area (Å²) in [6.45, 7) is 10.8. The first-order valence-electron chi connectivity index (χ1n) is 7.10. The van der Waals surface area contributed by atoms with Crippen molar-refractivity contribution < 1.29 is 4.79 Å². The van der Waals surface area contributed by atoms with Gasteiger partial charge in [0.1, 0.15) is 0 Å². The predicted molar refractivity (Wildman–Crippen MR) is 89.5 cm³/mol. The summed E-state index contributed by atoms with van der Waals surface area (Å²) in [5, 5.41) is 4.01. The number of benzene rings is 1. The van der Waals surface area contributed by atoms with Crippen LogP contribution in [0.3, 0.4) is 0 Å². The molecule has 1 rings (SSSR count). The van der Waals surface area contributed by atoms with Crippen LogP contribution in [-0.2, 0) is 4.79 Å². The summed E-state index contributed by atoms with van der Waals surface area (Å²) in [6.07, 6.45) is 4.34.